The van der Waals surface area contributed by atoms with E-state index in [9.17, 15) is 0 Å². The van der Waals surface area contributed by atoms with Gasteiger partial charge in [-0.1, -0.05) is 152 Å². The molecule has 7 aromatic rings. The summed E-state index contributed by atoms with van der Waals surface area (Å²) in [6.45, 7) is 2.37. The largest absolute Gasteiger partial charge is 0.303 e. The quantitative estimate of drug-likeness (QED) is 0.167. The molecule has 0 N–H and O–H groups in total. The molecule has 0 amide bonds. The van der Waals surface area contributed by atoms with E-state index in [0.29, 0.717) is 17.8 Å². The molecule has 2 spiro atoms. The van der Waals surface area contributed by atoms with Gasteiger partial charge < -0.3 is 4.90 Å². The highest BCUT2D eigenvalue weighted by Gasteiger charge is 2.69. The van der Waals surface area contributed by atoms with Gasteiger partial charge in [0.05, 0.1) is 5.69 Å². The van der Waals surface area contributed by atoms with Crippen molar-refractivity contribution in [2.75, 3.05) is 4.90 Å². The first-order valence-electron chi connectivity index (χ1n) is 24.2. The fourth-order valence-electron chi connectivity index (χ4n) is 15.4. The summed E-state index contributed by atoms with van der Waals surface area (Å²) in [5.74, 6) is 1.28. The first-order chi connectivity index (χ1) is 31.6. The zero-order valence-corrected chi connectivity index (χ0v) is 37.0. The second-order valence-corrected chi connectivity index (χ2v) is 20.2. The van der Waals surface area contributed by atoms with Crippen molar-refractivity contribution in [1.82, 2.24) is 0 Å². The summed E-state index contributed by atoms with van der Waals surface area (Å²) in [5.41, 5.74) is 21.3. The second kappa shape index (κ2) is 14.6. The van der Waals surface area contributed by atoms with Crippen LogP contribution in [0.15, 0.2) is 182 Å². The number of fused-ring (bicyclic) bond motifs is 10. The van der Waals surface area contributed by atoms with Gasteiger partial charge in [-0.05, 0) is 192 Å². The Morgan fingerprint density at radius 1 is 0.500 bits per heavy atom. The lowest BCUT2D eigenvalue weighted by Crippen LogP contribution is -2.63. The van der Waals surface area contributed by atoms with Crippen molar-refractivity contribution in [2.24, 2.45) is 5.92 Å². The highest BCUT2D eigenvalue weighted by Crippen LogP contribution is 2.75. The van der Waals surface area contributed by atoms with Crippen LogP contribution in [0.5, 0.6) is 0 Å². The molecule has 1 heteroatoms. The molecule has 64 heavy (non-hydrogen) atoms. The maximum Gasteiger partial charge on any atom is 0.0973 e. The Hall–Kier alpha value is -6.36. The van der Waals surface area contributed by atoms with Gasteiger partial charge >= 0.3 is 0 Å². The van der Waals surface area contributed by atoms with Crippen molar-refractivity contribution in [1.29, 1.82) is 0 Å². The normalized spacial score (nSPS) is 26.9. The van der Waals surface area contributed by atoms with Crippen LogP contribution in [0.3, 0.4) is 0 Å². The van der Waals surface area contributed by atoms with Crippen molar-refractivity contribution in [2.45, 2.75) is 99.2 Å². The topological polar surface area (TPSA) is 3.24 Å². The van der Waals surface area contributed by atoms with Crippen LogP contribution in [0.25, 0.3) is 27.8 Å². The third-order valence-corrected chi connectivity index (χ3v) is 17.4. The van der Waals surface area contributed by atoms with Crippen LogP contribution in [0.4, 0.5) is 17.1 Å². The SMILES string of the molecule is CC1=CCCC=C1c1ccccc1C12CCCC34CC(CC5(CC(CC1)c1ccccc1-c1ccccc15)C23)c1ccccc1-c1ccc(N(c2c#cccc2)c2ccccc2)cc14. The van der Waals surface area contributed by atoms with Crippen LogP contribution in [-0.4, -0.2) is 0 Å². The minimum atomic E-state index is -0.0993. The molecule has 6 aliphatic carbocycles. The number of allylic oxidation sites excluding steroid dienone is 4. The molecule has 0 aromatic heterocycles. The third kappa shape index (κ3) is 5.45. The number of nitrogens with zero attached hydrogens (tertiary/aromatic N) is 1. The van der Waals surface area contributed by atoms with Crippen molar-refractivity contribution in [3.8, 4) is 22.3 Å². The van der Waals surface area contributed by atoms with Crippen LogP contribution in [0, 0.1) is 18.1 Å². The zero-order chi connectivity index (χ0) is 42.5. The summed E-state index contributed by atoms with van der Waals surface area (Å²) < 4.78 is 0. The highest BCUT2D eigenvalue weighted by atomic mass is 15.1. The van der Waals surface area contributed by atoms with E-state index in [-0.39, 0.29) is 16.2 Å². The van der Waals surface area contributed by atoms with Gasteiger partial charge in [-0.3, -0.25) is 0 Å². The Bertz CT molecular complexity index is 2970. The molecule has 6 atom stereocenters. The Morgan fingerprint density at radius 3 is 1.89 bits per heavy atom. The molecule has 0 saturated heterocycles. The van der Waals surface area contributed by atoms with E-state index < -0.39 is 0 Å². The molecule has 312 valence electrons. The highest BCUT2D eigenvalue weighted by molar-refractivity contribution is 5.85. The van der Waals surface area contributed by atoms with E-state index >= 15 is 0 Å². The van der Waals surface area contributed by atoms with Gasteiger partial charge in [0.2, 0.25) is 0 Å². The molecule has 6 unspecified atom stereocenters. The molecule has 6 aliphatic rings. The van der Waals surface area contributed by atoms with E-state index in [4.69, 9.17) is 0 Å². The smallest absolute Gasteiger partial charge is 0.0973 e. The molecule has 0 radical (unpaired) electrons. The molecule has 3 saturated carbocycles. The molecule has 0 heterocycles. The first-order valence-corrected chi connectivity index (χ1v) is 24.2. The molecule has 0 aliphatic heterocycles. The molecular formula is C63H55N. The van der Waals surface area contributed by atoms with Crippen LogP contribution in [-0.2, 0) is 16.2 Å². The van der Waals surface area contributed by atoms with Crippen molar-refractivity contribution < 1.29 is 0 Å². The fraction of sp³-hybridized carbons (Fsp3) is 0.270. The summed E-state index contributed by atoms with van der Waals surface area (Å²) in [7, 11) is 0. The maximum atomic E-state index is 3.53. The number of hydrogen-bond acceptors (Lipinski definition) is 1. The van der Waals surface area contributed by atoms with Crippen molar-refractivity contribution in [3.63, 3.8) is 0 Å². The molecule has 3 fully saturated rings. The number of para-hydroxylation sites is 1. The Kier molecular flexibility index (Phi) is 8.69. The summed E-state index contributed by atoms with van der Waals surface area (Å²) in [6.07, 6.45) is 16.9. The van der Waals surface area contributed by atoms with Crippen LogP contribution < -0.4 is 4.90 Å². The van der Waals surface area contributed by atoms with Gasteiger partial charge in [0, 0.05) is 27.6 Å². The zero-order valence-electron chi connectivity index (χ0n) is 37.0. The van der Waals surface area contributed by atoms with Gasteiger partial charge in [-0.15, -0.1) is 0 Å². The summed E-state index contributed by atoms with van der Waals surface area (Å²) in [6, 6.07) is 70.5. The average Bonchev–Trinajstić information content (AvgIpc) is 3.62. The number of anilines is 3. The lowest BCUT2D eigenvalue weighted by molar-refractivity contribution is -0.0342. The minimum Gasteiger partial charge on any atom is -0.303 e. The third-order valence-electron chi connectivity index (χ3n) is 17.4. The molecule has 1 nitrogen and oxygen atoms in total. The molecule has 7 aromatic carbocycles. The maximum absolute atomic E-state index is 3.53. The molecule has 4 bridgehead atoms. The first kappa shape index (κ1) is 38.1. The van der Waals surface area contributed by atoms with Crippen LogP contribution >= 0.6 is 0 Å². The predicted octanol–water partition coefficient (Wildman–Crippen LogP) is 16.3. The fourth-order valence-corrected chi connectivity index (χ4v) is 15.4. The average molecular weight is 826 g/mol. The minimum absolute atomic E-state index is 0.0440. The van der Waals surface area contributed by atoms with Gasteiger partial charge in [0.15, 0.2) is 0 Å². The van der Waals surface area contributed by atoms with Crippen LogP contribution in [0.2, 0.25) is 0 Å². The van der Waals surface area contributed by atoms with E-state index in [1.807, 2.05) is 6.07 Å². The lowest BCUT2D eigenvalue weighted by Gasteiger charge is -2.66. The van der Waals surface area contributed by atoms with Crippen LogP contribution in [0.1, 0.15) is 116 Å². The van der Waals surface area contributed by atoms with E-state index in [2.05, 4.69) is 194 Å². The van der Waals surface area contributed by atoms with E-state index in [1.54, 1.807) is 27.8 Å². The van der Waals surface area contributed by atoms with Crippen molar-refractivity contribution in [3.05, 3.63) is 227 Å². The summed E-state index contributed by atoms with van der Waals surface area (Å²) >= 11 is 0. The molecular weight excluding hydrogens is 771 g/mol. The Labute approximate surface area is 380 Å². The van der Waals surface area contributed by atoms with Crippen molar-refractivity contribution >= 4 is 22.6 Å². The number of hydrogen-bond donors (Lipinski definition) is 0. The number of rotatable bonds is 5. The van der Waals surface area contributed by atoms with Gasteiger partial charge in [-0.25, -0.2) is 0 Å². The van der Waals surface area contributed by atoms with Gasteiger partial charge in [-0.2, -0.15) is 0 Å². The lowest BCUT2D eigenvalue weighted by atomic mass is 9.37. The Balaban J connectivity index is 1.15. The van der Waals surface area contributed by atoms with Gasteiger partial charge in [0.25, 0.3) is 0 Å². The standard InChI is InChI=1S/C63H55N/c1-43-19-8-9-24-49(43)54-29-14-16-31-57(54)61-36-18-37-62-41-45(42-63(60(61)62)40-44(35-38-61)50-25-10-12-27-52(50)55-30-15-17-32-58(55)63)51-26-11-13-28-53(51)56-34-33-48(39-59(56)62)64(46-20-4-2-5-21-46)47-22-6-3-7-23-47/h2-6,10-17,19-22,24-34,39,44-45,60H,8-9,18,35-38,40-42H2,1H3. The monoisotopic (exact) mass is 825 g/mol. The number of benzene rings is 6. The predicted molar refractivity (Wildman–Crippen MR) is 264 cm³/mol. The second-order valence-electron chi connectivity index (χ2n) is 20.2. The summed E-state index contributed by atoms with van der Waals surface area (Å²) in [4.78, 5) is 2.43. The molecule has 13 rings (SSSR count). The Morgan fingerprint density at radius 2 is 1.12 bits per heavy atom. The van der Waals surface area contributed by atoms with E-state index in [1.165, 1.54) is 96.0 Å². The summed E-state index contributed by atoms with van der Waals surface area (Å²) in [5, 5.41) is 0. The van der Waals surface area contributed by atoms with E-state index in [0.717, 1.165) is 24.2 Å². The van der Waals surface area contributed by atoms with Gasteiger partial charge in [0.1, 0.15) is 0 Å².